The molecule has 0 unspecified atom stereocenters. The fraction of sp³-hybridized carbons (Fsp3) is 0.235. The van der Waals surface area contributed by atoms with Gasteiger partial charge in [-0.05, 0) is 23.5 Å². The van der Waals surface area contributed by atoms with Gasteiger partial charge in [0.05, 0.1) is 16.8 Å². The highest BCUT2D eigenvalue weighted by atomic mass is 32.1. The Morgan fingerprint density at radius 1 is 1.10 bits per heavy atom. The SMILES string of the molecule is CC(C)Cc1c(C#N)c(-c2ccccc2)[nH]c(=S)c1C#N. The van der Waals surface area contributed by atoms with E-state index >= 15 is 0 Å². The van der Waals surface area contributed by atoms with Gasteiger partial charge in [0.25, 0.3) is 0 Å². The lowest BCUT2D eigenvalue weighted by atomic mass is 9.92. The molecule has 1 aromatic heterocycles. The van der Waals surface area contributed by atoms with Crippen molar-refractivity contribution >= 4 is 12.2 Å². The van der Waals surface area contributed by atoms with E-state index in [4.69, 9.17) is 12.2 Å². The molecule has 0 amide bonds. The van der Waals surface area contributed by atoms with Gasteiger partial charge >= 0.3 is 0 Å². The summed E-state index contributed by atoms with van der Waals surface area (Å²) in [5, 5.41) is 18.9. The van der Waals surface area contributed by atoms with Crippen LogP contribution in [-0.2, 0) is 6.42 Å². The van der Waals surface area contributed by atoms with Crippen LogP contribution < -0.4 is 0 Å². The molecule has 0 atom stereocenters. The molecule has 0 saturated heterocycles. The van der Waals surface area contributed by atoms with Crippen LogP contribution in [0.4, 0.5) is 0 Å². The molecule has 0 aliphatic carbocycles. The molecule has 0 spiro atoms. The van der Waals surface area contributed by atoms with E-state index in [9.17, 15) is 10.5 Å². The molecule has 0 aliphatic heterocycles. The number of nitriles is 2. The van der Waals surface area contributed by atoms with E-state index in [2.05, 4.69) is 31.0 Å². The van der Waals surface area contributed by atoms with Gasteiger partial charge < -0.3 is 4.98 Å². The summed E-state index contributed by atoms with van der Waals surface area (Å²) in [6.45, 7) is 4.12. The van der Waals surface area contributed by atoms with Crippen LogP contribution in [-0.4, -0.2) is 4.98 Å². The van der Waals surface area contributed by atoms with E-state index in [0.29, 0.717) is 33.8 Å². The summed E-state index contributed by atoms with van der Waals surface area (Å²) < 4.78 is 0.394. The van der Waals surface area contributed by atoms with E-state index in [0.717, 1.165) is 11.1 Å². The highest BCUT2D eigenvalue weighted by Crippen LogP contribution is 2.28. The predicted octanol–water partition coefficient (Wildman–Crippen LogP) is 4.35. The topological polar surface area (TPSA) is 63.4 Å². The highest BCUT2D eigenvalue weighted by Gasteiger charge is 2.17. The molecule has 3 nitrogen and oxygen atoms in total. The van der Waals surface area contributed by atoms with Gasteiger partial charge in [-0.2, -0.15) is 10.5 Å². The summed E-state index contributed by atoms with van der Waals surface area (Å²) in [5.41, 5.74) is 3.26. The largest absolute Gasteiger partial charge is 0.344 e. The third-order valence-electron chi connectivity index (χ3n) is 3.22. The number of aromatic amines is 1. The molecule has 104 valence electrons. The summed E-state index contributed by atoms with van der Waals surface area (Å²) in [5.74, 6) is 0.338. The lowest BCUT2D eigenvalue weighted by molar-refractivity contribution is 0.644. The standard InChI is InChI=1S/C17H15N3S/c1-11(2)8-13-14(9-18)16(12-6-4-3-5-7-12)20-17(21)15(13)10-19/h3-7,11H,8H2,1-2H3,(H,20,21). The van der Waals surface area contributed by atoms with Gasteiger partial charge in [0.1, 0.15) is 16.8 Å². The molecule has 1 aromatic carbocycles. The first-order valence-electron chi connectivity index (χ1n) is 6.73. The summed E-state index contributed by atoms with van der Waals surface area (Å²) >= 11 is 5.30. The average Bonchev–Trinajstić information content (AvgIpc) is 2.47. The highest BCUT2D eigenvalue weighted by molar-refractivity contribution is 7.71. The maximum atomic E-state index is 9.57. The first kappa shape index (κ1) is 15.0. The fourth-order valence-electron chi connectivity index (χ4n) is 2.33. The van der Waals surface area contributed by atoms with Gasteiger partial charge in [-0.3, -0.25) is 0 Å². The number of hydrogen-bond donors (Lipinski definition) is 1. The van der Waals surface area contributed by atoms with E-state index in [1.807, 2.05) is 30.3 Å². The van der Waals surface area contributed by atoms with Crippen LogP contribution >= 0.6 is 12.2 Å². The average molecular weight is 293 g/mol. The Morgan fingerprint density at radius 2 is 1.71 bits per heavy atom. The van der Waals surface area contributed by atoms with Gasteiger partial charge in [0.15, 0.2) is 0 Å². The molecule has 0 aliphatic rings. The Bertz CT molecular complexity index is 790. The van der Waals surface area contributed by atoms with Crippen molar-refractivity contribution in [2.45, 2.75) is 20.3 Å². The van der Waals surface area contributed by atoms with Crippen LogP contribution in [0.2, 0.25) is 0 Å². The smallest absolute Gasteiger partial charge is 0.122 e. The first-order chi connectivity index (χ1) is 10.1. The Balaban J connectivity index is 2.81. The Labute approximate surface area is 129 Å². The molecule has 0 fully saturated rings. The van der Waals surface area contributed by atoms with Crippen molar-refractivity contribution in [2.75, 3.05) is 0 Å². The third-order valence-corrected chi connectivity index (χ3v) is 3.52. The third kappa shape index (κ3) is 3.02. The van der Waals surface area contributed by atoms with Crippen molar-refractivity contribution in [3.8, 4) is 23.4 Å². The zero-order valence-electron chi connectivity index (χ0n) is 12.0. The summed E-state index contributed by atoms with van der Waals surface area (Å²) in [6, 6.07) is 14.0. The molecule has 1 N–H and O–H groups in total. The number of H-pyrrole nitrogens is 1. The quantitative estimate of drug-likeness (QED) is 0.855. The minimum absolute atomic E-state index is 0.338. The monoisotopic (exact) mass is 293 g/mol. The number of nitrogens with zero attached hydrogens (tertiary/aromatic N) is 2. The molecule has 21 heavy (non-hydrogen) atoms. The normalized spacial score (nSPS) is 10.1. The minimum atomic E-state index is 0.338. The van der Waals surface area contributed by atoms with Crippen LogP contribution in [0.5, 0.6) is 0 Å². The zero-order valence-corrected chi connectivity index (χ0v) is 12.8. The van der Waals surface area contributed by atoms with E-state index in [-0.39, 0.29) is 0 Å². The van der Waals surface area contributed by atoms with Crippen molar-refractivity contribution < 1.29 is 0 Å². The van der Waals surface area contributed by atoms with Crippen molar-refractivity contribution in [3.05, 3.63) is 51.7 Å². The number of nitrogens with one attached hydrogen (secondary N) is 1. The molecular formula is C17H15N3S. The minimum Gasteiger partial charge on any atom is -0.344 e. The molecule has 0 radical (unpaired) electrons. The van der Waals surface area contributed by atoms with Gasteiger partial charge in [-0.1, -0.05) is 56.4 Å². The van der Waals surface area contributed by atoms with E-state index in [1.165, 1.54) is 0 Å². The van der Waals surface area contributed by atoms with Gasteiger partial charge in [-0.15, -0.1) is 0 Å². The van der Waals surface area contributed by atoms with Crippen molar-refractivity contribution in [2.24, 2.45) is 5.92 Å². The second kappa shape index (κ2) is 6.35. The Morgan fingerprint density at radius 3 is 2.24 bits per heavy atom. The van der Waals surface area contributed by atoms with Crippen LogP contribution in [0.15, 0.2) is 30.3 Å². The van der Waals surface area contributed by atoms with E-state index in [1.54, 1.807) is 0 Å². The van der Waals surface area contributed by atoms with Crippen molar-refractivity contribution in [1.29, 1.82) is 10.5 Å². The van der Waals surface area contributed by atoms with Crippen molar-refractivity contribution in [1.82, 2.24) is 4.98 Å². The lowest BCUT2D eigenvalue weighted by Gasteiger charge is -2.13. The molecule has 1 heterocycles. The molecular weight excluding hydrogens is 278 g/mol. The van der Waals surface area contributed by atoms with Crippen LogP contribution in [0.3, 0.4) is 0 Å². The van der Waals surface area contributed by atoms with Crippen LogP contribution in [0.25, 0.3) is 11.3 Å². The second-order valence-electron chi connectivity index (χ2n) is 5.25. The van der Waals surface area contributed by atoms with E-state index < -0.39 is 0 Å². The lowest BCUT2D eigenvalue weighted by Crippen LogP contribution is -2.05. The molecule has 2 aromatic rings. The van der Waals surface area contributed by atoms with Gasteiger partial charge in [-0.25, -0.2) is 0 Å². The molecule has 0 saturated carbocycles. The molecule has 0 bridgehead atoms. The van der Waals surface area contributed by atoms with Gasteiger partial charge in [0.2, 0.25) is 0 Å². The maximum absolute atomic E-state index is 9.57. The number of rotatable bonds is 3. The predicted molar refractivity (Wildman–Crippen MR) is 85.0 cm³/mol. The summed E-state index contributed by atoms with van der Waals surface area (Å²) in [4.78, 5) is 3.05. The second-order valence-corrected chi connectivity index (χ2v) is 5.65. The Hall–Kier alpha value is -2.43. The molecule has 2 rings (SSSR count). The van der Waals surface area contributed by atoms with Crippen molar-refractivity contribution in [3.63, 3.8) is 0 Å². The Kier molecular flexibility index (Phi) is 4.52. The van der Waals surface area contributed by atoms with Crippen LogP contribution in [0.1, 0.15) is 30.5 Å². The van der Waals surface area contributed by atoms with Gasteiger partial charge in [0, 0.05) is 0 Å². The molecule has 4 heteroatoms. The number of aromatic nitrogens is 1. The first-order valence-corrected chi connectivity index (χ1v) is 7.14. The summed E-state index contributed by atoms with van der Waals surface area (Å²) in [7, 11) is 0. The number of benzene rings is 1. The maximum Gasteiger partial charge on any atom is 0.122 e. The number of pyridine rings is 1. The zero-order chi connectivity index (χ0) is 15.4. The van der Waals surface area contributed by atoms with Crippen LogP contribution in [0, 0.1) is 33.2 Å². The number of hydrogen-bond acceptors (Lipinski definition) is 3. The fourth-order valence-corrected chi connectivity index (χ4v) is 2.60. The summed E-state index contributed by atoms with van der Waals surface area (Å²) in [6.07, 6.45) is 0.657.